The highest BCUT2D eigenvalue weighted by molar-refractivity contribution is 9.10. The van der Waals surface area contributed by atoms with Crippen molar-refractivity contribution in [3.8, 4) is 0 Å². The van der Waals surface area contributed by atoms with Gasteiger partial charge < -0.3 is 11.1 Å². The van der Waals surface area contributed by atoms with Crippen LogP contribution in [0.2, 0.25) is 0 Å². The topological polar surface area (TPSA) is 50.9 Å². The minimum atomic E-state index is -0.732. The van der Waals surface area contributed by atoms with Crippen molar-refractivity contribution in [2.45, 2.75) is 0 Å². The average molecular weight is 344 g/mol. The first-order valence-electron chi connectivity index (χ1n) is 5.15. The molecule has 3 nitrogen and oxygen atoms in total. The standard InChI is InChI=1S/C12H8BrF2N3S/c13-7-4-6(14)5-8(15)10(7)18-9-2-1-3-17-11(9)12(16)19/h1-5,18H,(H2,16,19). The maximum atomic E-state index is 13.7. The summed E-state index contributed by atoms with van der Waals surface area (Å²) in [6.45, 7) is 0. The summed E-state index contributed by atoms with van der Waals surface area (Å²) in [4.78, 5) is 4.10. The Morgan fingerprint density at radius 3 is 2.74 bits per heavy atom. The molecule has 0 aliphatic carbocycles. The molecule has 2 rings (SSSR count). The molecule has 0 bridgehead atoms. The molecule has 0 radical (unpaired) electrons. The molecule has 0 saturated carbocycles. The first kappa shape index (κ1) is 13.8. The van der Waals surface area contributed by atoms with Gasteiger partial charge in [-0.25, -0.2) is 8.78 Å². The van der Waals surface area contributed by atoms with E-state index in [1.807, 2.05) is 0 Å². The summed E-state index contributed by atoms with van der Waals surface area (Å²) < 4.78 is 27.0. The molecule has 98 valence electrons. The smallest absolute Gasteiger partial charge is 0.150 e. The first-order valence-corrected chi connectivity index (χ1v) is 6.35. The number of thiocarbonyl (C=S) groups is 1. The molecule has 0 unspecified atom stereocenters. The molecule has 0 amide bonds. The Labute approximate surface area is 122 Å². The van der Waals surface area contributed by atoms with Gasteiger partial charge in [0.1, 0.15) is 16.5 Å². The average Bonchev–Trinajstić information content (AvgIpc) is 2.34. The van der Waals surface area contributed by atoms with Gasteiger partial charge >= 0.3 is 0 Å². The number of pyridine rings is 1. The fraction of sp³-hybridized carbons (Fsp3) is 0. The summed E-state index contributed by atoms with van der Waals surface area (Å²) in [6.07, 6.45) is 1.52. The van der Waals surface area contributed by atoms with Gasteiger partial charge in [-0.05, 0) is 34.1 Å². The van der Waals surface area contributed by atoms with E-state index in [4.69, 9.17) is 18.0 Å². The Morgan fingerprint density at radius 1 is 1.37 bits per heavy atom. The fourth-order valence-electron chi connectivity index (χ4n) is 1.50. The van der Waals surface area contributed by atoms with Gasteiger partial charge in [0, 0.05) is 16.7 Å². The van der Waals surface area contributed by atoms with E-state index >= 15 is 0 Å². The van der Waals surface area contributed by atoms with Crippen LogP contribution in [0, 0.1) is 11.6 Å². The second-order valence-electron chi connectivity index (χ2n) is 3.63. The minimum Gasteiger partial charge on any atom is -0.388 e. The maximum Gasteiger partial charge on any atom is 0.150 e. The molecular formula is C12H8BrF2N3S. The van der Waals surface area contributed by atoms with Crippen LogP contribution in [0.4, 0.5) is 20.2 Å². The molecule has 0 spiro atoms. The van der Waals surface area contributed by atoms with Crippen LogP contribution in [0.15, 0.2) is 34.9 Å². The summed E-state index contributed by atoms with van der Waals surface area (Å²) in [5.41, 5.74) is 6.41. The van der Waals surface area contributed by atoms with Gasteiger partial charge in [-0.1, -0.05) is 12.2 Å². The van der Waals surface area contributed by atoms with Crippen LogP contribution in [0.3, 0.4) is 0 Å². The number of aromatic nitrogens is 1. The highest BCUT2D eigenvalue weighted by Gasteiger charge is 2.13. The van der Waals surface area contributed by atoms with Gasteiger partial charge in [0.25, 0.3) is 0 Å². The van der Waals surface area contributed by atoms with E-state index < -0.39 is 11.6 Å². The lowest BCUT2D eigenvalue weighted by atomic mass is 10.2. The number of nitrogens with zero attached hydrogens (tertiary/aromatic N) is 1. The third-order valence-corrected chi connectivity index (χ3v) is 3.13. The Hall–Kier alpha value is -1.60. The van der Waals surface area contributed by atoms with Crippen molar-refractivity contribution in [2.75, 3.05) is 5.32 Å². The Morgan fingerprint density at radius 2 is 2.11 bits per heavy atom. The predicted octanol–water partition coefficient (Wildman–Crippen LogP) is 3.50. The van der Waals surface area contributed by atoms with Crippen molar-refractivity contribution in [1.82, 2.24) is 4.98 Å². The first-order chi connectivity index (χ1) is 8.99. The van der Waals surface area contributed by atoms with Crippen LogP contribution < -0.4 is 11.1 Å². The lowest BCUT2D eigenvalue weighted by Crippen LogP contribution is -2.14. The number of hydrogen-bond acceptors (Lipinski definition) is 3. The fourth-order valence-corrected chi connectivity index (χ4v) is 2.17. The Balaban J connectivity index is 2.45. The lowest BCUT2D eigenvalue weighted by Gasteiger charge is -2.12. The Bertz CT molecular complexity index is 626. The molecule has 3 N–H and O–H groups in total. The lowest BCUT2D eigenvalue weighted by molar-refractivity contribution is 0.584. The molecule has 0 fully saturated rings. The number of rotatable bonds is 3. The van der Waals surface area contributed by atoms with E-state index in [-0.39, 0.29) is 15.1 Å². The molecule has 0 atom stereocenters. The number of nitrogens with two attached hydrogens (primary N) is 1. The molecule has 7 heteroatoms. The van der Waals surface area contributed by atoms with Crippen LogP contribution in [-0.4, -0.2) is 9.97 Å². The zero-order valence-corrected chi connectivity index (χ0v) is 11.9. The van der Waals surface area contributed by atoms with Crippen molar-refractivity contribution in [3.63, 3.8) is 0 Å². The van der Waals surface area contributed by atoms with Crippen molar-refractivity contribution < 1.29 is 8.78 Å². The normalized spacial score (nSPS) is 10.3. The maximum absolute atomic E-state index is 13.7. The van der Waals surface area contributed by atoms with Gasteiger partial charge in [-0.15, -0.1) is 0 Å². The molecule has 1 aromatic heterocycles. The zero-order valence-electron chi connectivity index (χ0n) is 9.45. The van der Waals surface area contributed by atoms with Gasteiger partial charge in [-0.2, -0.15) is 0 Å². The molecule has 1 heterocycles. The number of halogens is 3. The zero-order chi connectivity index (χ0) is 14.0. The summed E-state index contributed by atoms with van der Waals surface area (Å²) in [5.74, 6) is -1.40. The van der Waals surface area contributed by atoms with Crippen LogP contribution in [0.1, 0.15) is 5.69 Å². The van der Waals surface area contributed by atoms with E-state index in [2.05, 4.69) is 26.2 Å². The summed E-state index contributed by atoms with van der Waals surface area (Å²) in [6, 6.07) is 5.24. The highest BCUT2D eigenvalue weighted by atomic mass is 79.9. The van der Waals surface area contributed by atoms with E-state index in [0.717, 1.165) is 12.1 Å². The van der Waals surface area contributed by atoms with Crippen molar-refractivity contribution in [3.05, 3.63) is 52.3 Å². The van der Waals surface area contributed by atoms with Gasteiger partial charge in [0.2, 0.25) is 0 Å². The number of nitrogens with one attached hydrogen (secondary N) is 1. The highest BCUT2D eigenvalue weighted by Crippen LogP contribution is 2.30. The van der Waals surface area contributed by atoms with Crippen molar-refractivity contribution in [1.29, 1.82) is 0 Å². The molecular weight excluding hydrogens is 336 g/mol. The molecule has 1 aromatic carbocycles. The van der Waals surface area contributed by atoms with E-state index in [1.165, 1.54) is 6.20 Å². The van der Waals surface area contributed by atoms with Gasteiger partial charge in [-0.3, -0.25) is 4.98 Å². The van der Waals surface area contributed by atoms with Crippen LogP contribution in [-0.2, 0) is 0 Å². The predicted molar refractivity (Wildman–Crippen MR) is 77.5 cm³/mol. The van der Waals surface area contributed by atoms with Crippen LogP contribution in [0.5, 0.6) is 0 Å². The van der Waals surface area contributed by atoms with Crippen molar-refractivity contribution >= 4 is 44.5 Å². The third-order valence-electron chi connectivity index (χ3n) is 2.31. The van der Waals surface area contributed by atoms with Gasteiger partial charge in [0.15, 0.2) is 5.82 Å². The van der Waals surface area contributed by atoms with Crippen molar-refractivity contribution in [2.24, 2.45) is 5.73 Å². The van der Waals surface area contributed by atoms with Crippen LogP contribution in [0.25, 0.3) is 0 Å². The summed E-state index contributed by atoms with van der Waals surface area (Å²) in [7, 11) is 0. The number of anilines is 2. The third kappa shape index (κ3) is 3.05. The largest absolute Gasteiger partial charge is 0.388 e. The molecule has 19 heavy (non-hydrogen) atoms. The summed E-state index contributed by atoms with van der Waals surface area (Å²) in [5, 5.41) is 2.80. The second-order valence-corrected chi connectivity index (χ2v) is 4.93. The SMILES string of the molecule is NC(=S)c1ncccc1Nc1c(F)cc(F)cc1Br. The molecule has 2 aromatic rings. The monoisotopic (exact) mass is 343 g/mol. The van der Waals surface area contributed by atoms with E-state index in [1.54, 1.807) is 12.1 Å². The minimum absolute atomic E-state index is 0.0849. The number of benzene rings is 1. The molecule has 0 aliphatic heterocycles. The molecule has 0 aliphatic rings. The molecule has 0 saturated heterocycles. The quantitative estimate of drug-likeness (QED) is 0.837. The number of hydrogen-bond donors (Lipinski definition) is 2. The van der Waals surface area contributed by atoms with E-state index in [9.17, 15) is 8.78 Å². The summed E-state index contributed by atoms with van der Waals surface area (Å²) >= 11 is 7.95. The second kappa shape index (κ2) is 5.58. The Kier molecular flexibility index (Phi) is 4.06. The van der Waals surface area contributed by atoms with E-state index in [0.29, 0.717) is 11.4 Å². The van der Waals surface area contributed by atoms with Crippen LogP contribution >= 0.6 is 28.1 Å². The van der Waals surface area contributed by atoms with Gasteiger partial charge in [0.05, 0.1) is 11.4 Å².